The lowest BCUT2D eigenvalue weighted by Crippen LogP contribution is -2.38. The van der Waals surface area contributed by atoms with Crippen molar-refractivity contribution in [2.24, 2.45) is 0 Å². The molecule has 2 aromatic rings. The zero-order valence-corrected chi connectivity index (χ0v) is 28.2. The zero-order valence-electron chi connectivity index (χ0n) is 26.6. The van der Waals surface area contributed by atoms with Crippen LogP contribution in [0.15, 0.2) is 81.0 Å². The average Bonchev–Trinajstić information content (AvgIpc) is 3.36. The van der Waals surface area contributed by atoms with Crippen molar-refractivity contribution in [3.8, 4) is 22.5 Å². The monoisotopic (exact) mass is 681 g/mol. The number of fused-ring (bicyclic) bond motifs is 2. The minimum absolute atomic E-state index is 0.0859. The normalized spacial score (nSPS) is 13.7. The van der Waals surface area contributed by atoms with Crippen LogP contribution in [0.1, 0.15) is 27.7 Å². The van der Waals surface area contributed by atoms with Gasteiger partial charge in [-0.2, -0.15) is 8.42 Å². The van der Waals surface area contributed by atoms with Crippen LogP contribution in [0.4, 0.5) is 5.69 Å². The number of rotatable bonds is 12. The summed E-state index contributed by atoms with van der Waals surface area (Å²) in [5, 5.41) is 1.48. The minimum Gasteiger partial charge on any atom is -0.456 e. The van der Waals surface area contributed by atoms with Gasteiger partial charge in [0.2, 0.25) is 15.4 Å². The number of carbonyl (C=O) groups is 2. The Kier molecular flexibility index (Phi) is 9.68. The highest BCUT2D eigenvalue weighted by atomic mass is 32.2. The van der Waals surface area contributed by atoms with E-state index in [1.165, 1.54) is 12.1 Å². The molecular formula is C33H37N4O8S2+. The maximum atomic E-state index is 13.2. The van der Waals surface area contributed by atoms with Crippen LogP contribution in [0.2, 0.25) is 0 Å². The standard InChI is InChI=1S/C33H36N4O8S2/c1-5-35(6-2)22-9-12-25-28(19-22)45-29-20-23(36(7-3)8-4)10-13-26(29)33(25)27-14-11-24(21-30(27)47(42,43)44)46(40,41)34-17-18-37-31(38)15-16-32(37)39/h9-16,19-21,34H,5-8,17-18H2,1-4H3/p+1. The fraction of sp³-hybridized carbons (Fsp3) is 0.303. The van der Waals surface area contributed by atoms with Crippen molar-refractivity contribution in [3.05, 3.63) is 72.1 Å². The predicted octanol–water partition coefficient (Wildman–Crippen LogP) is 3.31. The van der Waals surface area contributed by atoms with Gasteiger partial charge in [0.05, 0.1) is 11.0 Å². The molecule has 2 aliphatic heterocycles. The predicted molar refractivity (Wildman–Crippen MR) is 179 cm³/mol. The second-order valence-electron chi connectivity index (χ2n) is 10.9. The van der Waals surface area contributed by atoms with Gasteiger partial charge in [-0.15, -0.1) is 0 Å². The molecule has 0 fully saturated rings. The Morgan fingerprint density at radius 3 is 2.13 bits per heavy atom. The van der Waals surface area contributed by atoms with Crippen LogP contribution < -0.4 is 19.6 Å². The third-order valence-electron chi connectivity index (χ3n) is 8.28. The fourth-order valence-electron chi connectivity index (χ4n) is 5.85. The lowest BCUT2D eigenvalue weighted by Gasteiger charge is -2.22. The van der Waals surface area contributed by atoms with E-state index in [0.29, 0.717) is 27.9 Å². The molecular weight excluding hydrogens is 645 g/mol. The van der Waals surface area contributed by atoms with Crippen LogP contribution >= 0.6 is 0 Å². The summed E-state index contributed by atoms with van der Waals surface area (Å²) in [4.78, 5) is 25.6. The van der Waals surface area contributed by atoms with Gasteiger partial charge in [0.1, 0.15) is 29.3 Å². The number of nitrogens with one attached hydrogen (secondary N) is 1. The van der Waals surface area contributed by atoms with Crippen LogP contribution in [0.3, 0.4) is 0 Å². The largest absolute Gasteiger partial charge is 0.456 e. The molecule has 5 rings (SSSR count). The molecule has 0 unspecified atom stereocenters. The van der Waals surface area contributed by atoms with Crippen molar-refractivity contribution in [2.75, 3.05) is 44.2 Å². The Hall–Kier alpha value is -4.37. The molecule has 248 valence electrons. The maximum Gasteiger partial charge on any atom is 0.295 e. The van der Waals surface area contributed by atoms with Gasteiger partial charge in [0, 0.05) is 78.2 Å². The Balaban J connectivity index is 1.69. The fourth-order valence-corrected chi connectivity index (χ4v) is 7.69. The first kappa shape index (κ1) is 34.0. The third-order valence-corrected chi connectivity index (χ3v) is 10.6. The number of nitrogens with zero attached hydrogens (tertiary/aromatic N) is 3. The van der Waals surface area contributed by atoms with Gasteiger partial charge < -0.3 is 9.32 Å². The van der Waals surface area contributed by atoms with E-state index >= 15 is 0 Å². The van der Waals surface area contributed by atoms with E-state index in [2.05, 4.69) is 14.2 Å². The van der Waals surface area contributed by atoms with Crippen molar-refractivity contribution >= 4 is 48.6 Å². The number of benzene rings is 3. The molecule has 0 saturated heterocycles. The minimum atomic E-state index is -4.95. The highest BCUT2D eigenvalue weighted by Crippen LogP contribution is 2.43. The molecule has 2 N–H and O–H groups in total. The van der Waals surface area contributed by atoms with Gasteiger partial charge in [-0.1, -0.05) is 6.07 Å². The second kappa shape index (κ2) is 13.4. The van der Waals surface area contributed by atoms with Crippen LogP contribution in [-0.2, 0) is 29.7 Å². The van der Waals surface area contributed by atoms with E-state index in [1.54, 1.807) is 0 Å². The topological polar surface area (TPSA) is 157 Å². The Labute approximate surface area is 273 Å². The molecule has 2 amide bonds. The number of hydrogen-bond donors (Lipinski definition) is 2. The Bertz CT molecular complexity index is 2140. The molecule has 12 nitrogen and oxygen atoms in total. The SMILES string of the molecule is CCN(CC)c1ccc2c(-c3ccc(S(=O)(=O)NCCN4C(=O)C=CC4=O)cc3S(=O)(=O)O)c3ccc(=[N+](CC)CC)cc-3oc2c1. The molecule has 0 spiro atoms. The van der Waals surface area contributed by atoms with Crippen molar-refractivity contribution in [1.29, 1.82) is 0 Å². The van der Waals surface area contributed by atoms with E-state index < -0.39 is 41.7 Å². The van der Waals surface area contributed by atoms with Crippen molar-refractivity contribution in [1.82, 2.24) is 14.2 Å². The lowest BCUT2D eigenvalue weighted by atomic mass is 9.93. The molecule has 2 heterocycles. The van der Waals surface area contributed by atoms with E-state index in [-0.39, 0.29) is 18.7 Å². The van der Waals surface area contributed by atoms with Gasteiger partial charge in [-0.25, -0.2) is 17.7 Å². The molecule has 47 heavy (non-hydrogen) atoms. The first-order valence-corrected chi connectivity index (χ1v) is 18.2. The summed E-state index contributed by atoms with van der Waals surface area (Å²) in [6.45, 7) is 10.7. The molecule has 2 aromatic carbocycles. The summed E-state index contributed by atoms with van der Waals surface area (Å²) in [5.74, 6) is -0.641. The number of anilines is 1. The van der Waals surface area contributed by atoms with Crippen LogP contribution in [-0.4, -0.2) is 77.4 Å². The average molecular weight is 682 g/mol. The van der Waals surface area contributed by atoms with Gasteiger partial charge in [-0.3, -0.25) is 19.0 Å². The molecule has 3 aliphatic rings. The number of carbonyl (C=O) groups excluding carboxylic acids is 2. The molecule has 0 atom stereocenters. The summed E-state index contributed by atoms with van der Waals surface area (Å²) >= 11 is 0. The highest BCUT2D eigenvalue weighted by Gasteiger charge is 2.28. The first-order valence-electron chi connectivity index (χ1n) is 15.3. The van der Waals surface area contributed by atoms with Crippen molar-refractivity contribution in [3.63, 3.8) is 0 Å². The smallest absolute Gasteiger partial charge is 0.295 e. The van der Waals surface area contributed by atoms with Crippen LogP contribution in [0, 0.1) is 0 Å². The summed E-state index contributed by atoms with van der Waals surface area (Å²) in [5.41, 5.74) is 2.49. The first-order chi connectivity index (χ1) is 22.3. The van der Waals surface area contributed by atoms with Crippen molar-refractivity contribution in [2.45, 2.75) is 37.5 Å². The number of amides is 2. The lowest BCUT2D eigenvalue weighted by molar-refractivity contribution is -0.136. The third kappa shape index (κ3) is 6.72. The van der Waals surface area contributed by atoms with Crippen LogP contribution in [0.5, 0.6) is 0 Å². The quantitative estimate of drug-likeness (QED) is 0.0991. The second-order valence-corrected chi connectivity index (χ2v) is 14.0. The summed E-state index contributed by atoms with van der Waals surface area (Å²) in [6, 6.07) is 14.7. The van der Waals surface area contributed by atoms with Gasteiger partial charge >= 0.3 is 0 Å². The molecule has 0 aromatic heterocycles. The molecule has 0 radical (unpaired) electrons. The van der Waals surface area contributed by atoms with Crippen LogP contribution in [0.25, 0.3) is 33.4 Å². The highest BCUT2D eigenvalue weighted by molar-refractivity contribution is 7.89. The van der Waals surface area contributed by atoms with Crippen molar-refractivity contribution < 1.29 is 35.4 Å². The maximum absolute atomic E-state index is 13.2. The number of hydrogen-bond acceptors (Lipinski definition) is 8. The summed E-state index contributed by atoms with van der Waals surface area (Å²) < 4.78 is 73.6. The molecule has 1 aliphatic carbocycles. The van der Waals surface area contributed by atoms with Gasteiger partial charge in [0.25, 0.3) is 21.9 Å². The number of imide groups is 1. The van der Waals surface area contributed by atoms with E-state index in [4.69, 9.17) is 4.42 Å². The van der Waals surface area contributed by atoms with E-state index in [9.17, 15) is 31.0 Å². The zero-order chi connectivity index (χ0) is 34.1. The summed E-state index contributed by atoms with van der Waals surface area (Å²) in [6.07, 6.45) is 2.18. The Morgan fingerprint density at radius 1 is 0.851 bits per heavy atom. The van der Waals surface area contributed by atoms with E-state index in [0.717, 1.165) is 60.3 Å². The summed E-state index contributed by atoms with van der Waals surface area (Å²) in [7, 11) is -9.27. The van der Waals surface area contributed by atoms with Gasteiger partial charge in [-0.05, 0) is 58.0 Å². The van der Waals surface area contributed by atoms with E-state index in [1.807, 2.05) is 64.1 Å². The van der Waals surface area contributed by atoms with Gasteiger partial charge in [0.15, 0.2) is 0 Å². The molecule has 0 bridgehead atoms. The number of sulfonamides is 1. The molecule has 0 saturated carbocycles. The Morgan fingerprint density at radius 2 is 1.51 bits per heavy atom. The molecule has 14 heteroatoms.